The summed E-state index contributed by atoms with van der Waals surface area (Å²) in [6.07, 6.45) is 4.31. The van der Waals surface area contributed by atoms with Crippen LogP contribution < -0.4 is 10.0 Å². The van der Waals surface area contributed by atoms with Crippen molar-refractivity contribution in [3.8, 4) is 0 Å². The minimum absolute atomic E-state index is 0.234. The fourth-order valence-electron chi connectivity index (χ4n) is 2.57. The summed E-state index contributed by atoms with van der Waals surface area (Å²) in [5.41, 5.74) is 2.81. The average molecular weight is 308 g/mol. The predicted molar refractivity (Wildman–Crippen MR) is 83.7 cm³/mol. The maximum Gasteiger partial charge on any atom is 0.241 e. The summed E-state index contributed by atoms with van der Waals surface area (Å²) < 4.78 is 28.0. The molecule has 21 heavy (non-hydrogen) atoms. The number of aryl methyl sites for hydroxylation is 2. The third-order valence-corrected chi connectivity index (χ3v) is 6.24. The van der Waals surface area contributed by atoms with E-state index in [0.717, 1.165) is 36.1 Å². The molecular formula is C16H24N2O2S. The molecule has 4 nitrogen and oxygen atoms in total. The lowest BCUT2D eigenvalue weighted by molar-refractivity contribution is 0.557. The lowest BCUT2D eigenvalue weighted by atomic mass is 10.1. The Labute approximate surface area is 127 Å². The molecule has 3 rings (SSSR count). The molecule has 0 aromatic heterocycles. The molecule has 2 aliphatic rings. The van der Waals surface area contributed by atoms with E-state index in [2.05, 4.69) is 10.0 Å². The van der Waals surface area contributed by atoms with E-state index in [1.54, 1.807) is 0 Å². The highest BCUT2D eigenvalue weighted by Gasteiger charge is 2.41. The molecule has 2 aliphatic carbocycles. The van der Waals surface area contributed by atoms with E-state index in [-0.39, 0.29) is 5.54 Å². The van der Waals surface area contributed by atoms with Gasteiger partial charge >= 0.3 is 0 Å². The van der Waals surface area contributed by atoms with Gasteiger partial charge in [-0.1, -0.05) is 6.07 Å². The molecule has 2 N–H and O–H groups in total. The van der Waals surface area contributed by atoms with Crippen LogP contribution in [0.15, 0.2) is 17.0 Å². The van der Waals surface area contributed by atoms with Crippen LogP contribution in [-0.2, 0) is 16.6 Å². The van der Waals surface area contributed by atoms with Gasteiger partial charge < -0.3 is 5.32 Å². The molecule has 0 unspecified atom stereocenters. The Balaban J connectivity index is 1.87. The molecule has 0 spiro atoms. The number of sulfonamides is 1. The average Bonchev–Trinajstić information content (AvgIpc) is 3.26. The van der Waals surface area contributed by atoms with Crippen LogP contribution in [0.3, 0.4) is 0 Å². The third kappa shape index (κ3) is 3.47. The van der Waals surface area contributed by atoms with Gasteiger partial charge in [-0.3, -0.25) is 0 Å². The van der Waals surface area contributed by atoms with E-state index in [1.807, 2.05) is 32.9 Å². The number of hydrogen-bond acceptors (Lipinski definition) is 3. The zero-order valence-corrected chi connectivity index (χ0v) is 13.8. The number of rotatable bonds is 6. The summed E-state index contributed by atoms with van der Waals surface area (Å²) in [6.45, 7) is 6.62. The van der Waals surface area contributed by atoms with Gasteiger partial charge in [-0.05, 0) is 69.2 Å². The number of hydrogen-bond donors (Lipinski definition) is 2. The summed E-state index contributed by atoms with van der Waals surface area (Å²) in [5.74, 6) is 0. The largest absolute Gasteiger partial charge is 0.310 e. The van der Waals surface area contributed by atoms with Crippen LogP contribution in [0.5, 0.6) is 0 Å². The highest BCUT2D eigenvalue weighted by molar-refractivity contribution is 7.89. The van der Waals surface area contributed by atoms with Gasteiger partial charge in [0.1, 0.15) is 0 Å². The minimum atomic E-state index is -3.43. The molecule has 0 atom stereocenters. The first-order chi connectivity index (χ1) is 9.79. The molecule has 0 bridgehead atoms. The standard InChI is InChI=1S/C16H24N2O2S/c1-11-8-12(2)15(9-13(11)10-17-14-4-5-14)21(19,20)18-16(3)6-7-16/h8-9,14,17-18H,4-7,10H2,1-3H3. The summed E-state index contributed by atoms with van der Waals surface area (Å²) >= 11 is 0. The second kappa shape index (κ2) is 5.07. The molecule has 0 saturated heterocycles. The highest BCUT2D eigenvalue weighted by atomic mass is 32.2. The third-order valence-electron chi connectivity index (χ3n) is 4.46. The predicted octanol–water partition coefficient (Wildman–Crippen LogP) is 2.39. The van der Waals surface area contributed by atoms with Gasteiger partial charge in [0, 0.05) is 18.1 Å². The first-order valence-electron chi connectivity index (χ1n) is 7.67. The quantitative estimate of drug-likeness (QED) is 0.848. The van der Waals surface area contributed by atoms with Crippen molar-refractivity contribution >= 4 is 10.0 Å². The van der Waals surface area contributed by atoms with Gasteiger partial charge in [0.2, 0.25) is 10.0 Å². The molecule has 1 aromatic rings. The molecular weight excluding hydrogens is 284 g/mol. The van der Waals surface area contributed by atoms with Gasteiger partial charge in [-0.2, -0.15) is 0 Å². The van der Waals surface area contributed by atoms with E-state index >= 15 is 0 Å². The van der Waals surface area contributed by atoms with E-state index < -0.39 is 10.0 Å². The van der Waals surface area contributed by atoms with Crippen LogP contribution in [0.25, 0.3) is 0 Å². The van der Waals surface area contributed by atoms with Gasteiger partial charge in [0.05, 0.1) is 4.90 Å². The van der Waals surface area contributed by atoms with Crippen molar-refractivity contribution in [2.75, 3.05) is 0 Å². The zero-order chi connectivity index (χ0) is 15.3. The van der Waals surface area contributed by atoms with Crippen molar-refractivity contribution < 1.29 is 8.42 Å². The Bertz CT molecular complexity index is 659. The van der Waals surface area contributed by atoms with Crippen molar-refractivity contribution in [1.82, 2.24) is 10.0 Å². The van der Waals surface area contributed by atoms with Gasteiger partial charge in [-0.15, -0.1) is 0 Å². The van der Waals surface area contributed by atoms with Gasteiger partial charge in [-0.25, -0.2) is 13.1 Å². The molecule has 1 aromatic carbocycles. The molecule has 0 radical (unpaired) electrons. The van der Waals surface area contributed by atoms with Crippen LogP contribution in [0.2, 0.25) is 0 Å². The van der Waals surface area contributed by atoms with E-state index in [1.165, 1.54) is 12.8 Å². The van der Waals surface area contributed by atoms with Crippen molar-refractivity contribution in [1.29, 1.82) is 0 Å². The second-order valence-corrected chi connectivity index (χ2v) is 8.52. The highest BCUT2D eigenvalue weighted by Crippen LogP contribution is 2.36. The molecule has 5 heteroatoms. The fraction of sp³-hybridized carbons (Fsp3) is 0.625. The van der Waals surface area contributed by atoms with Crippen LogP contribution in [0.4, 0.5) is 0 Å². The monoisotopic (exact) mass is 308 g/mol. The van der Waals surface area contributed by atoms with Crippen LogP contribution >= 0.6 is 0 Å². The molecule has 0 amide bonds. The zero-order valence-electron chi connectivity index (χ0n) is 13.0. The van der Waals surface area contributed by atoms with Crippen LogP contribution in [0.1, 0.15) is 49.3 Å². The van der Waals surface area contributed by atoms with Crippen molar-refractivity contribution in [2.45, 2.75) is 69.5 Å². The Hall–Kier alpha value is -0.910. The fourth-order valence-corrected chi connectivity index (χ4v) is 4.31. The van der Waals surface area contributed by atoms with E-state index in [0.29, 0.717) is 10.9 Å². The second-order valence-electron chi connectivity index (χ2n) is 6.87. The number of nitrogens with one attached hydrogen (secondary N) is 2. The molecule has 0 heterocycles. The first kappa shape index (κ1) is 15.0. The minimum Gasteiger partial charge on any atom is -0.310 e. The Morgan fingerprint density at radius 1 is 1.19 bits per heavy atom. The lowest BCUT2D eigenvalue weighted by Crippen LogP contribution is -2.34. The van der Waals surface area contributed by atoms with Crippen LogP contribution in [-0.4, -0.2) is 20.0 Å². The Morgan fingerprint density at radius 3 is 2.43 bits per heavy atom. The maximum absolute atomic E-state index is 12.6. The molecule has 2 fully saturated rings. The lowest BCUT2D eigenvalue weighted by Gasteiger charge is -2.16. The smallest absolute Gasteiger partial charge is 0.241 e. The van der Waals surface area contributed by atoms with E-state index in [4.69, 9.17) is 0 Å². The molecule has 2 saturated carbocycles. The first-order valence-corrected chi connectivity index (χ1v) is 9.15. The summed E-state index contributed by atoms with van der Waals surface area (Å²) in [7, 11) is -3.43. The van der Waals surface area contributed by atoms with Gasteiger partial charge in [0.25, 0.3) is 0 Å². The Kier molecular flexibility index (Phi) is 3.62. The molecule has 0 aliphatic heterocycles. The van der Waals surface area contributed by atoms with Gasteiger partial charge in [0.15, 0.2) is 0 Å². The topological polar surface area (TPSA) is 58.2 Å². The number of benzene rings is 1. The van der Waals surface area contributed by atoms with Crippen LogP contribution in [0, 0.1) is 13.8 Å². The van der Waals surface area contributed by atoms with Crippen molar-refractivity contribution in [2.24, 2.45) is 0 Å². The summed E-state index contributed by atoms with van der Waals surface area (Å²) in [6, 6.07) is 4.44. The van der Waals surface area contributed by atoms with Crippen molar-refractivity contribution in [3.63, 3.8) is 0 Å². The molecule has 116 valence electrons. The summed E-state index contributed by atoms with van der Waals surface area (Å²) in [4.78, 5) is 0.425. The summed E-state index contributed by atoms with van der Waals surface area (Å²) in [5, 5.41) is 3.46. The normalized spacial score (nSPS) is 20.5. The van der Waals surface area contributed by atoms with Crippen molar-refractivity contribution in [3.05, 3.63) is 28.8 Å². The Morgan fingerprint density at radius 2 is 1.86 bits per heavy atom. The van der Waals surface area contributed by atoms with E-state index in [9.17, 15) is 8.42 Å². The maximum atomic E-state index is 12.6. The SMILES string of the molecule is Cc1cc(C)c(S(=O)(=O)NC2(C)CC2)cc1CNC1CC1.